The summed E-state index contributed by atoms with van der Waals surface area (Å²) in [6.07, 6.45) is 5.10. The van der Waals surface area contributed by atoms with Crippen LogP contribution in [-0.4, -0.2) is 20.4 Å². The zero-order valence-corrected chi connectivity index (χ0v) is 10.2. The first-order chi connectivity index (χ1) is 8.20. The van der Waals surface area contributed by atoms with Gasteiger partial charge in [-0.25, -0.2) is 4.98 Å². The molecule has 0 radical (unpaired) electrons. The summed E-state index contributed by atoms with van der Waals surface area (Å²) in [6.45, 7) is 3.04. The maximum atomic E-state index is 11.9. The van der Waals surface area contributed by atoms with E-state index in [0.29, 0.717) is 23.8 Å². The van der Waals surface area contributed by atoms with Crippen molar-refractivity contribution in [3.63, 3.8) is 0 Å². The lowest BCUT2D eigenvalue weighted by Gasteiger charge is -2.06. The number of nitrogens with zero attached hydrogens (tertiary/aromatic N) is 2. The molecule has 5 nitrogen and oxygen atoms in total. The molecule has 2 heterocycles. The van der Waals surface area contributed by atoms with Gasteiger partial charge >= 0.3 is 0 Å². The van der Waals surface area contributed by atoms with Crippen LogP contribution < -0.4 is 5.32 Å². The van der Waals surface area contributed by atoms with Crippen LogP contribution in [-0.2, 0) is 13.1 Å². The maximum absolute atomic E-state index is 11.9. The van der Waals surface area contributed by atoms with Gasteiger partial charge in [-0.2, -0.15) is 0 Å². The predicted octanol–water partition coefficient (Wildman–Crippen LogP) is 1.81. The Labute approximate surface area is 104 Å². The summed E-state index contributed by atoms with van der Waals surface area (Å²) in [5.74, 6) is 0.564. The van der Waals surface area contributed by atoms with E-state index < -0.39 is 0 Å². The molecular weight excluding hydrogens is 240 g/mol. The van der Waals surface area contributed by atoms with E-state index in [-0.39, 0.29) is 5.91 Å². The minimum absolute atomic E-state index is 0.157. The number of imidazole rings is 1. The van der Waals surface area contributed by atoms with Crippen molar-refractivity contribution in [1.29, 1.82) is 0 Å². The number of aryl methyl sites for hydroxylation is 1. The van der Waals surface area contributed by atoms with E-state index in [9.17, 15) is 4.79 Å². The van der Waals surface area contributed by atoms with E-state index >= 15 is 0 Å². The second kappa shape index (κ2) is 5.05. The van der Waals surface area contributed by atoms with Gasteiger partial charge in [0.25, 0.3) is 5.91 Å². The summed E-state index contributed by atoms with van der Waals surface area (Å²) in [5, 5.41) is 3.34. The molecule has 0 bridgehead atoms. The monoisotopic (exact) mass is 252 g/mol. The van der Waals surface area contributed by atoms with E-state index in [1.54, 1.807) is 29.2 Å². The van der Waals surface area contributed by atoms with Crippen LogP contribution >= 0.6 is 11.6 Å². The molecule has 2 aromatic rings. The van der Waals surface area contributed by atoms with Crippen molar-refractivity contribution in [3.8, 4) is 0 Å². The molecular formula is C11H13ClN4O. The average molecular weight is 253 g/mol. The zero-order chi connectivity index (χ0) is 12.3. The van der Waals surface area contributed by atoms with Crippen molar-refractivity contribution in [2.45, 2.75) is 20.0 Å². The Bertz CT molecular complexity index is 504. The van der Waals surface area contributed by atoms with Crippen molar-refractivity contribution in [1.82, 2.24) is 19.9 Å². The number of carbonyl (C=O) groups excluding carboxylic acids is 1. The highest BCUT2D eigenvalue weighted by molar-refractivity contribution is 6.31. The Balaban J connectivity index is 2.04. The number of hydrogen-bond donors (Lipinski definition) is 2. The minimum atomic E-state index is -0.157. The van der Waals surface area contributed by atoms with E-state index in [1.165, 1.54) is 0 Å². The van der Waals surface area contributed by atoms with Crippen molar-refractivity contribution in [2.24, 2.45) is 0 Å². The number of aromatic nitrogens is 3. The molecule has 90 valence electrons. The van der Waals surface area contributed by atoms with Crippen LogP contribution in [0.4, 0.5) is 0 Å². The number of rotatable bonds is 4. The quantitative estimate of drug-likeness (QED) is 0.872. The molecule has 1 amide bonds. The summed E-state index contributed by atoms with van der Waals surface area (Å²) in [4.78, 5) is 18.8. The van der Waals surface area contributed by atoms with Crippen LogP contribution in [0.1, 0.15) is 23.2 Å². The third-order valence-electron chi connectivity index (χ3n) is 2.41. The smallest absolute Gasteiger partial charge is 0.268 e. The van der Waals surface area contributed by atoms with E-state index in [0.717, 1.165) is 5.82 Å². The summed E-state index contributed by atoms with van der Waals surface area (Å²) in [5.41, 5.74) is 0.559. The molecule has 2 aromatic heterocycles. The second-order valence-corrected chi connectivity index (χ2v) is 3.98. The van der Waals surface area contributed by atoms with Crippen molar-refractivity contribution < 1.29 is 4.79 Å². The summed E-state index contributed by atoms with van der Waals surface area (Å²) >= 11 is 5.87. The van der Waals surface area contributed by atoms with E-state index in [1.807, 2.05) is 6.92 Å². The molecule has 6 heteroatoms. The Hall–Kier alpha value is -1.75. The van der Waals surface area contributed by atoms with Crippen LogP contribution in [0.2, 0.25) is 5.02 Å². The van der Waals surface area contributed by atoms with Gasteiger partial charge in [-0.15, -0.1) is 0 Å². The SMILES string of the molecule is CCn1cc(Cl)cc1C(=O)NCc1ncc[nH]1. The highest BCUT2D eigenvalue weighted by atomic mass is 35.5. The second-order valence-electron chi connectivity index (χ2n) is 3.55. The fourth-order valence-electron chi connectivity index (χ4n) is 1.58. The highest BCUT2D eigenvalue weighted by Crippen LogP contribution is 2.14. The topological polar surface area (TPSA) is 62.7 Å². The number of H-pyrrole nitrogens is 1. The summed E-state index contributed by atoms with van der Waals surface area (Å²) in [6, 6.07) is 1.66. The third kappa shape index (κ3) is 2.68. The molecule has 2 rings (SSSR count). The highest BCUT2D eigenvalue weighted by Gasteiger charge is 2.12. The summed E-state index contributed by atoms with van der Waals surface area (Å²) in [7, 11) is 0. The lowest BCUT2D eigenvalue weighted by molar-refractivity contribution is 0.0941. The molecule has 0 aromatic carbocycles. The fraction of sp³-hybridized carbons (Fsp3) is 0.273. The minimum Gasteiger partial charge on any atom is -0.347 e. The number of carbonyl (C=O) groups is 1. The number of halogens is 1. The number of hydrogen-bond acceptors (Lipinski definition) is 2. The molecule has 0 aliphatic rings. The lowest BCUT2D eigenvalue weighted by atomic mass is 10.4. The molecule has 0 aliphatic carbocycles. The van der Waals surface area contributed by atoms with Crippen molar-refractivity contribution >= 4 is 17.5 Å². The first kappa shape index (κ1) is 11.7. The van der Waals surface area contributed by atoms with Gasteiger partial charge in [0.1, 0.15) is 11.5 Å². The van der Waals surface area contributed by atoms with Crippen LogP contribution in [0.25, 0.3) is 0 Å². The molecule has 0 unspecified atom stereocenters. The zero-order valence-electron chi connectivity index (χ0n) is 9.40. The van der Waals surface area contributed by atoms with Crippen LogP contribution in [0.5, 0.6) is 0 Å². The maximum Gasteiger partial charge on any atom is 0.268 e. The van der Waals surface area contributed by atoms with Gasteiger partial charge in [0, 0.05) is 25.1 Å². The van der Waals surface area contributed by atoms with Gasteiger partial charge in [-0.1, -0.05) is 11.6 Å². The third-order valence-corrected chi connectivity index (χ3v) is 2.61. The molecule has 0 fully saturated rings. The first-order valence-electron chi connectivity index (χ1n) is 5.33. The predicted molar refractivity (Wildman–Crippen MR) is 64.9 cm³/mol. The molecule has 2 N–H and O–H groups in total. The largest absolute Gasteiger partial charge is 0.347 e. The van der Waals surface area contributed by atoms with Gasteiger partial charge in [0.05, 0.1) is 11.6 Å². The van der Waals surface area contributed by atoms with Gasteiger partial charge < -0.3 is 14.9 Å². The van der Waals surface area contributed by atoms with E-state index in [4.69, 9.17) is 11.6 Å². The average Bonchev–Trinajstić information content (AvgIpc) is 2.94. The number of nitrogens with one attached hydrogen (secondary N) is 2. The molecule has 0 aliphatic heterocycles. The number of aromatic amines is 1. The number of amides is 1. The Morgan fingerprint density at radius 1 is 1.65 bits per heavy atom. The van der Waals surface area contributed by atoms with Crippen molar-refractivity contribution in [3.05, 3.63) is 41.2 Å². The van der Waals surface area contributed by atoms with Gasteiger partial charge in [-0.3, -0.25) is 4.79 Å². The van der Waals surface area contributed by atoms with Crippen LogP contribution in [0.3, 0.4) is 0 Å². The molecule has 0 saturated heterocycles. The lowest BCUT2D eigenvalue weighted by Crippen LogP contribution is -2.25. The Kier molecular flexibility index (Phi) is 3.49. The standard InChI is InChI=1S/C11H13ClN4O/c1-2-16-7-8(12)5-9(16)11(17)15-6-10-13-3-4-14-10/h3-5,7H,2,6H2,1H3,(H,13,14)(H,15,17). The van der Waals surface area contributed by atoms with Gasteiger partial charge in [0.15, 0.2) is 0 Å². The van der Waals surface area contributed by atoms with Crippen LogP contribution in [0.15, 0.2) is 24.7 Å². The van der Waals surface area contributed by atoms with Gasteiger partial charge in [0.2, 0.25) is 0 Å². The van der Waals surface area contributed by atoms with Crippen molar-refractivity contribution in [2.75, 3.05) is 0 Å². The Morgan fingerprint density at radius 2 is 2.47 bits per heavy atom. The van der Waals surface area contributed by atoms with Gasteiger partial charge in [-0.05, 0) is 13.0 Å². The normalized spacial score (nSPS) is 10.5. The van der Waals surface area contributed by atoms with E-state index in [2.05, 4.69) is 15.3 Å². The fourth-order valence-corrected chi connectivity index (χ4v) is 1.80. The Morgan fingerprint density at radius 3 is 3.12 bits per heavy atom. The molecule has 0 spiro atoms. The summed E-state index contributed by atoms with van der Waals surface area (Å²) < 4.78 is 1.81. The van der Waals surface area contributed by atoms with Crippen LogP contribution in [0, 0.1) is 0 Å². The molecule has 0 saturated carbocycles. The first-order valence-corrected chi connectivity index (χ1v) is 5.70. The molecule has 17 heavy (non-hydrogen) atoms. The molecule has 0 atom stereocenters.